The van der Waals surface area contributed by atoms with Crippen molar-refractivity contribution in [3.8, 4) is 23.0 Å². The molecule has 2 aromatic carbocycles. The van der Waals surface area contributed by atoms with E-state index in [2.05, 4.69) is 10.6 Å². The zero-order valence-electron chi connectivity index (χ0n) is 15.0. The lowest BCUT2D eigenvalue weighted by Crippen LogP contribution is -2.37. The molecular weight excluding hydrogens is 336 g/mol. The molecule has 7 nitrogen and oxygen atoms in total. The Hall–Kier alpha value is -3.09. The Morgan fingerprint density at radius 3 is 2.69 bits per heavy atom. The highest BCUT2D eigenvalue weighted by Crippen LogP contribution is 2.32. The van der Waals surface area contributed by atoms with E-state index in [9.17, 15) is 4.79 Å². The van der Waals surface area contributed by atoms with Crippen LogP contribution in [0.25, 0.3) is 0 Å². The minimum absolute atomic E-state index is 0.125. The number of methoxy groups -OCH3 is 2. The monoisotopic (exact) mass is 358 g/mol. The molecular formula is C19H22N2O5. The number of hydrogen-bond acceptors (Lipinski definition) is 6. The van der Waals surface area contributed by atoms with E-state index < -0.39 is 6.04 Å². The second-order valence-corrected chi connectivity index (χ2v) is 5.84. The molecule has 1 heterocycles. The summed E-state index contributed by atoms with van der Waals surface area (Å²) in [6.45, 7) is 2.43. The van der Waals surface area contributed by atoms with E-state index in [1.54, 1.807) is 27.2 Å². The molecule has 7 heteroatoms. The first-order valence-corrected chi connectivity index (χ1v) is 8.25. The molecule has 0 aliphatic carbocycles. The van der Waals surface area contributed by atoms with Gasteiger partial charge in [0.15, 0.2) is 11.5 Å². The van der Waals surface area contributed by atoms with Gasteiger partial charge in [-0.15, -0.1) is 0 Å². The van der Waals surface area contributed by atoms with Crippen LogP contribution in [-0.2, 0) is 11.3 Å². The summed E-state index contributed by atoms with van der Waals surface area (Å²) in [5.41, 5.74) is 1.66. The van der Waals surface area contributed by atoms with Gasteiger partial charge in [-0.2, -0.15) is 0 Å². The first-order chi connectivity index (χ1) is 12.6. The molecule has 0 bridgehead atoms. The third-order valence-electron chi connectivity index (χ3n) is 4.08. The molecule has 0 saturated carbocycles. The molecule has 0 fully saturated rings. The highest BCUT2D eigenvalue weighted by molar-refractivity contribution is 5.84. The summed E-state index contributed by atoms with van der Waals surface area (Å²) in [5.74, 6) is 2.60. The summed E-state index contributed by atoms with van der Waals surface area (Å²) in [7, 11) is 3.17. The van der Waals surface area contributed by atoms with Crippen LogP contribution in [0.15, 0.2) is 36.4 Å². The van der Waals surface area contributed by atoms with Crippen molar-refractivity contribution in [1.29, 1.82) is 0 Å². The Labute approximate surface area is 152 Å². The second kappa shape index (κ2) is 7.86. The topological polar surface area (TPSA) is 78.1 Å². The van der Waals surface area contributed by atoms with E-state index in [1.165, 1.54) is 0 Å². The molecule has 0 radical (unpaired) electrons. The average Bonchev–Trinajstić information content (AvgIpc) is 3.14. The van der Waals surface area contributed by atoms with Gasteiger partial charge >= 0.3 is 0 Å². The number of carbonyl (C=O) groups is 1. The van der Waals surface area contributed by atoms with E-state index in [0.29, 0.717) is 23.8 Å². The average molecular weight is 358 g/mol. The van der Waals surface area contributed by atoms with Gasteiger partial charge in [0.25, 0.3) is 0 Å². The third-order valence-corrected chi connectivity index (χ3v) is 4.08. The number of amides is 1. The number of anilines is 1. The van der Waals surface area contributed by atoms with Crippen molar-refractivity contribution in [1.82, 2.24) is 5.32 Å². The zero-order valence-corrected chi connectivity index (χ0v) is 15.0. The van der Waals surface area contributed by atoms with Crippen LogP contribution >= 0.6 is 0 Å². The lowest BCUT2D eigenvalue weighted by molar-refractivity contribution is -0.121. The molecule has 1 atom stereocenters. The van der Waals surface area contributed by atoms with E-state index in [-0.39, 0.29) is 12.7 Å². The summed E-state index contributed by atoms with van der Waals surface area (Å²) in [6, 6.07) is 10.6. The molecule has 0 spiro atoms. The van der Waals surface area contributed by atoms with Gasteiger partial charge in [0, 0.05) is 12.6 Å². The number of benzene rings is 2. The van der Waals surface area contributed by atoms with Gasteiger partial charge in [0.1, 0.15) is 17.5 Å². The maximum atomic E-state index is 12.4. The fraction of sp³-hybridized carbons (Fsp3) is 0.316. The molecule has 1 aliphatic rings. The summed E-state index contributed by atoms with van der Waals surface area (Å²) in [5, 5.41) is 6.06. The molecule has 3 rings (SSSR count). The van der Waals surface area contributed by atoms with Crippen molar-refractivity contribution in [3.63, 3.8) is 0 Å². The molecule has 138 valence electrons. The Balaban J connectivity index is 1.58. The summed E-state index contributed by atoms with van der Waals surface area (Å²) >= 11 is 0. The Kier molecular flexibility index (Phi) is 5.36. The van der Waals surface area contributed by atoms with Gasteiger partial charge in [-0.25, -0.2) is 0 Å². The third kappa shape index (κ3) is 3.93. The number of rotatable bonds is 7. The van der Waals surface area contributed by atoms with Crippen LogP contribution in [0, 0.1) is 0 Å². The maximum Gasteiger partial charge on any atom is 0.242 e. The maximum absolute atomic E-state index is 12.4. The van der Waals surface area contributed by atoms with Crippen LogP contribution in [0.5, 0.6) is 23.0 Å². The van der Waals surface area contributed by atoms with E-state index in [1.807, 2.05) is 30.3 Å². The SMILES string of the molecule is COc1ccc(NC(C)C(=O)NCc2ccc3c(c2)OCO3)c(OC)c1. The first-order valence-electron chi connectivity index (χ1n) is 8.25. The van der Waals surface area contributed by atoms with Crippen molar-refractivity contribution in [2.45, 2.75) is 19.5 Å². The number of hydrogen-bond donors (Lipinski definition) is 2. The number of carbonyl (C=O) groups excluding carboxylic acids is 1. The van der Waals surface area contributed by atoms with Gasteiger partial charge in [0.2, 0.25) is 12.7 Å². The zero-order chi connectivity index (χ0) is 18.5. The normalized spacial score (nSPS) is 13.0. The van der Waals surface area contributed by atoms with Crippen molar-refractivity contribution in [2.75, 3.05) is 26.3 Å². The van der Waals surface area contributed by atoms with Crippen LogP contribution in [0.2, 0.25) is 0 Å². The minimum Gasteiger partial charge on any atom is -0.497 e. The molecule has 1 aliphatic heterocycles. The van der Waals surface area contributed by atoms with Gasteiger partial charge in [-0.3, -0.25) is 4.79 Å². The van der Waals surface area contributed by atoms with Crippen molar-refractivity contribution < 1.29 is 23.7 Å². The number of nitrogens with one attached hydrogen (secondary N) is 2. The predicted octanol–water partition coefficient (Wildman–Crippen LogP) is 2.55. The van der Waals surface area contributed by atoms with Crippen molar-refractivity contribution >= 4 is 11.6 Å². The van der Waals surface area contributed by atoms with Gasteiger partial charge in [-0.1, -0.05) is 6.07 Å². The Bertz CT molecular complexity index is 793. The van der Waals surface area contributed by atoms with Crippen LogP contribution < -0.4 is 29.6 Å². The summed E-state index contributed by atoms with van der Waals surface area (Å²) in [6.07, 6.45) is 0. The predicted molar refractivity (Wildman–Crippen MR) is 97.0 cm³/mol. The largest absolute Gasteiger partial charge is 0.497 e. The van der Waals surface area contributed by atoms with E-state index >= 15 is 0 Å². The Morgan fingerprint density at radius 1 is 1.12 bits per heavy atom. The minimum atomic E-state index is -0.439. The van der Waals surface area contributed by atoms with Crippen LogP contribution in [-0.4, -0.2) is 33.0 Å². The summed E-state index contributed by atoms with van der Waals surface area (Å²) in [4.78, 5) is 12.4. The van der Waals surface area contributed by atoms with Gasteiger partial charge in [0.05, 0.1) is 19.9 Å². The van der Waals surface area contributed by atoms with E-state index in [4.69, 9.17) is 18.9 Å². The molecule has 0 saturated heterocycles. The molecule has 2 N–H and O–H groups in total. The van der Waals surface area contributed by atoms with Crippen LogP contribution in [0.4, 0.5) is 5.69 Å². The number of ether oxygens (including phenoxy) is 4. The lowest BCUT2D eigenvalue weighted by Gasteiger charge is -2.18. The second-order valence-electron chi connectivity index (χ2n) is 5.84. The smallest absolute Gasteiger partial charge is 0.242 e. The van der Waals surface area contributed by atoms with Gasteiger partial charge in [-0.05, 0) is 36.8 Å². The van der Waals surface area contributed by atoms with Crippen LogP contribution in [0.3, 0.4) is 0 Å². The molecule has 1 unspecified atom stereocenters. The fourth-order valence-corrected chi connectivity index (χ4v) is 2.61. The molecule has 0 aromatic heterocycles. The van der Waals surface area contributed by atoms with Crippen LogP contribution in [0.1, 0.15) is 12.5 Å². The summed E-state index contributed by atoms with van der Waals surface area (Å²) < 4.78 is 21.1. The number of fused-ring (bicyclic) bond motifs is 1. The Morgan fingerprint density at radius 2 is 1.92 bits per heavy atom. The van der Waals surface area contributed by atoms with Gasteiger partial charge < -0.3 is 29.6 Å². The molecule has 1 amide bonds. The van der Waals surface area contributed by atoms with Crippen molar-refractivity contribution in [3.05, 3.63) is 42.0 Å². The van der Waals surface area contributed by atoms with E-state index in [0.717, 1.165) is 17.0 Å². The fourth-order valence-electron chi connectivity index (χ4n) is 2.61. The standard InChI is InChI=1S/C19H22N2O5/c1-12(21-15-6-5-14(23-2)9-17(15)24-3)19(22)20-10-13-4-7-16-18(8-13)26-11-25-16/h4-9,12,21H,10-11H2,1-3H3,(H,20,22). The quantitative estimate of drug-likeness (QED) is 0.792. The first kappa shape index (κ1) is 17.7. The van der Waals surface area contributed by atoms with Crippen molar-refractivity contribution in [2.24, 2.45) is 0 Å². The molecule has 2 aromatic rings. The highest BCUT2D eigenvalue weighted by Gasteiger charge is 2.16. The molecule has 26 heavy (non-hydrogen) atoms. The highest BCUT2D eigenvalue weighted by atomic mass is 16.7. The lowest BCUT2D eigenvalue weighted by atomic mass is 10.2.